The highest BCUT2D eigenvalue weighted by Crippen LogP contribution is 2.67. The largest absolute Gasteiger partial charge is 0.462 e. The zero-order valence-electron chi connectivity index (χ0n) is 21.5. The number of carbonyl (C=O) groups is 1. The summed E-state index contributed by atoms with van der Waals surface area (Å²) in [5.74, 6) is 3.25. The van der Waals surface area contributed by atoms with E-state index in [-0.39, 0.29) is 29.0 Å². The molecule has 0 radical (unpaired) electrons. The van der Waals surface area contributed by atoms with Crippen LogP contribution >= 0.6 is 0 Å². The second-order valence-electron chi connectivity index (χ2n) is 12.9. The van der Waals surface area contributed by atoms with Crippen LogP contribution in [0.25, 0.3) is 0 Å². The maximum atomic E-state index is 11.5. The molecule has 10 unspecified atom stereocenters. The van der Waals surface area contributed by atoms with Gasteiger partial charge in [-0.05, 0) is 97.7 Å². The molecule has 4 nitrogen and oxygen atoms in total. The quantitative estimate of drug-likeness (QED) is 0.421. The summed E-state index contributed by atoms with van der Waals surface area (Å²) in [6.45, 7) is 12.2. The van der Waals surface area contributed by atoms with Gasteiger partial charge in [0.25, 0.3) is 0 Å². The predicted molar refractivity (Wildman–Crippen MR) is 132 cm³/mol. The minimum absolute atomic E-state index is 0.0600. The van der Waals surface area contributed by atoms with Crippen molar-refractivity contribution in [1.29, 1.82) is 0 Å². The van der Waals surface area contributed by atoms with E-state index in [1.54, 1.807) is 5.57 Å². The average molecular weight is 456 g/mol. The molecule has 3 saturated carbocycles. The van der Waals surface area contributed by atoms with E-state index >= 15 is 0 Å². The van der Waals surface area contributed by atoms with E-state index in [4.69, 9.17) is 9.73 Å². The number of ether oxygens (including phenoxy) is 1. The predicted octanol–water partition coefficient (Wildman–Crippen LogP) is 5.97. The number of fused-ring (bicyclic) bond motifs is 5. The number of allylic oxidation sites excluding steroid dienone is 1. The first-order valence-corrected chi connectivity index (χ1v) is 13.7. The van der Waals surface area contributed by atoms with Crippen molar-refractivity contribution in [2.24, 2.45) is 51.3 Å². The Morgan fingerprint density at radius 1 is 1.21 bits per heavy atom. The molecule has 3 fully saturated rings. The van der Waals surface area contributed by atoms with Crippen molar-refractivity contribution in [3.8, 4) is 0 Å². The fourth-order valence-electron chi connectivity index (χ4n) is 9.34. The van der Waals surface area contributed by atoms with Crippen LogP contribution in [-0.2, 0) is 9.53 Å². The van der Waals surface area contributed by atoms with Crippen molar-refractivity contribution in [1.82, 2.24) is 0 Å². The van der Waals surface area contributed by atoms with Crippen molar-refractivity contribution < 1.29 is 14.6 Å². The lowest BCUT2D eigenvalue weighted by atomic mass is 9.47. The van der Waals surface area contributed by atoms with Crippen molar-refractivity contribution in [3.05, 3.63) is 11.6 Å². The van der Waals surface area contributed by atoms with E-state index in [2.05, 4.69) is 33.8 Å². The fourth-order valence-corrected chi connectivity index (χ4v) is 9.34. The minimum atomic E-state index is -0.200. The van der Waals surface area contributed by atoms with Crippen LogP contribution in [0.15, 0.2) is 16.6 Å². The Morgan fingerprint density at radius 3 is 2.70 bits per heavy atom. The zero-order valence-corrected chi connectivity index (χ0v) is 21.5. The Hall–Kier alpha value is -1.16. The van der Waals surface area contributed by atoms with Crippen molar-refractivity contribution in [3.63, 3.8) is 0 Å². The van der Waals surface area contributed by atoms with E-state index in [0.29, 0.717) is 35.5 Å². The first kappa shape index (κ1) is 23.6. The van der Waals surface area contributed by atoms with Gasteiger partial charge in [0.1, 0.15) is 6.10 Å². The SMILES string of the molecule is CC(=O)OC1CCC2(C)C(=CCC3C2CCC2(C)C3CC(O)C2C(C)C2=NCC(C)CC2)C1. The van der Waals surface area contributed by atoms with Gasteiger partial charge in [-0.2, -0.15) is 0 Å². The average Bonchev–Trinajstić information content (AvgIpc) is 3.03. The van der Waals surface area contributed by atoms with Crippen LogP contribution in [0.1, 0.15) is 92.4 Å². The number of rotatable bonds is 3. The molecule has 0 spiro atoms. The lowest BCUT2D eigenvalue weighted by Gasteiger charge is -2.58. The fraction of sp³-hybridized carbons (Fsp3) is 0.862. The second kappa shape index (κ2) is 8.50. The molecular formula is C29H45NO3. The van der Waals surface area contributed by atoms with Gasteiger partial charge in [0.05, 0.1) is 6.10 Å². The van der Waals surface area contributed by atoms with E-state index < -0.39 is 0 Å². The number of hydrogen-bond donors (Lipinski definition) is 1. The second-order valence-corrected chi connectivity index (χ2v) is 12.9. The van der Waals surface area contributed by atoms with Crippen LogP contribution < -0.4 is 0 Å². The molecule has 0 aromatic carbocycles. The van der Waals surface area contributed by atoms with Crippen LogP contribution in [-0.4, -0.2) is 35.5 Å². The van der Waals surface area contributed by atoms with Gasteiger partial charge < -0.3 is 9.84 Å². The first-order chi connectivity index (χ1) is 15.6. The number of aliphatic hydroxyl groups is 1. The summed E-state index contributed by atoms with van der Waals surface area (Å²) >= 11 is 0. The first-order valence-electron chi connectivity index (χ1n) is 13.7. The highest BCUT2D eigenvalue weighted by Gasteiger charge is 2.62. The zero-order chi connectivity index (χ0) is 23.5. The van der Waals surface area contributed by atoms with Gasteiger partial charge >= 0.3 is 5.97 Å². The lowest BCUT2D eigenvalue weighted by molar-refractivity contribution is -0.148. The smallest absolute Gasteiger partial charge is 0.302 e. The Labute approximate surface area is 200 Å². The van der Waals surface area contributed by atoms with Crippen molar-refractivity contribution in [2.45, 2.75) is 105 Å². The molecular weight excluding hydrogens is 410 g/mol. The summed E-state index contributed by atoms with van der Waals surface area (Å²) in [5.41, 5.74) is 3.36. The molecule has 4 aliphatic carbocycles. The van der Waals surface area contributed by atoms with Crippen LogP contribution in [0.2, 0.25) is 0 Å². The normalized spacial score (nSPS) is 48.0. The number of aliphatic imine (C=N–C) groups is 1. The van der Waals surface area contributed by atoms with Gasteiger partial charge in [-0.3, -0.25) is 9.79 Å². The molecule has 5 aliphatic rings. The van der Waals surface area contributed by atoms with Gasteiger partial charge in [0.2, 0.25) is 0 Å². The number of nitrogens with zero attached hydrogens (tertiary/aromatic N) is 1. The molecule has 5 rings (SSSR count). The highest BCUT2D eigenvalue weighted by molar-refractivity contribution is 5.87. The summed E-state index contributed by atoms with van der Waals surface area (Å²) in [4.78, 5) is 16.5. The molecule has 0 bridgehead atoms. The van der Waals surface area contributed by atoms with Crippen molar-refractivity contribution >= 4 is 11.7 Å². The Bertz CT molecular complexity index is 848. The van der Waals surface area contributed by atoms with Crippen LogP contribution in [0.5, 0.6) is 0 Å². The summed E-state index contributed by atoms with van der Waals surface area (Å²) in [5, 5.41) is 11.4. The summed E-state index contributed by atoms with van der Waals surface area (Å²) in [6.07, 6.45) is 12.4. The van der Waals surface area contributed by atoms with Gasteiger partial charge in [0.15, 0.2) is 0 Å². The number of carbonyl (C=O) groups excluding carboxylic acids is 1. The van der Waals surface area contributed by atoms with E-state index in [0.717, 1.165) is 45.1 Å². The third-order valence-corrected chi connectivity index (χ3v) is 11.1. The number of hydrogen-bond acceptors (Lipinski definition) is 4. The molecule has 1 heterocycles. The lowest BCUT2D eigenvalue weighted by Crippen LogP contribution is -2.51. The molecule has 1 N–H and O–H groups in total. The molecule has 0 aromatic heterocycles. The molecule has 10 atom stereocenters. The third-order valence-electron chi connectivity index (χ3n) is 11.1. The van der Waals surface area contributed by atoms with Crippen LogP contribution in [0, 0.1) is 46.3 Å². The number of esters is 1. The topological polar surface area (TPSA) is 58.9 Å². The maximum Gasteiger partial charge on any atom is 0.302 e. The molecule has 0 saturated heterocycles. The highest BCUT2D eigenvalue weighted by atomic mass is 16.5. The molecule has 0 aromatic rings. The van der Waals surface area contributed by atoms with Gasteiger partial charge in [-0.15, -0.1) is 0 Å². The van der Waals surface area contributed by atoms with Crippen molar-refractivity contribution in [2.75, 3.05) is 6.54 Å². The molecule has 184 valence electrons. The molecule has 4 heteroatoms. The van der Waals surface area contributed by atoms with Crippen LogP contribution in [0.3, 0.4) is 0 Å². The maximum absolute atomic E-state index is 11.5. The summed E-state index contributed by atoms with van der Waals surface area (Å²) < 4.78 is 5.60. The van der Waals surface area contributed by atoms with Gasteiger partial charge in [-0.25, -0.2) is 0 Å². The van der Waals surface area contributed by atoms with E-state index in [9.17, 15) is 9.90 Å². The molecule has 33 heavy (non-hydrogen) atoms. The Kier molecular flexibility index (Phi) is 6.07. The monoisotopic (exact) mass is 455 g/mol. The third kappa shape index (κ3) is 3.83. The summed E-state index contributed by atoms with van der Waals surface area (Å²) in [6, 6.07) is 0. The minimum Gasteiger partial charge on any atom is -0.462 e. The van der Waals surface area contributed by atoms with Gasteiger partial charge in [-0.1, -0.05) is 39.3 Å². The Morgan fingerprint density at radius 2 is 2.00 bits per heavy atom. The standard InChI is InChI=1S/C29H45NO3/c1-17-6-9-25(30-16-17)18(2)27-26(32)15-24-22-8-7-20-14-21(33-19(3)31)10-12-28(20,4)23(22)11-13-29(24,27)5/h7,17-18,21-24,26-27,32H,6,8-16H2,1-5H3. The van der Waals surface area contributed by atoms with E-state index in [1.165, 1.54) is 31.9 Å². The Balaban J connectivity index is 1.38. The number of aliphatic hydroxyl groups excluding tert-OH is 1. The van der Waals surface area contributed by atoms with E-state index in [1.807, 2.05) is 0 Å². The summed E-state index contributed by atoms with van der Waals surface area (Å²) in [7, 11) is 0. The molecule has 1 aliphatic heterocycles. The van der Waals surface area contributed by atoms with Gasteiger partial charge in [0, 0.05) is 25.6 Å². The van der Waals surface area contributed by atoms with Crippen LogP contribution in [0.4, 0.5) is 0 Å². The molecule has 0 amide bonds.